The van der Waals surface area contributed by atoms with Crippen LogP contribution in [-0.2, 0) is 10.0 Å². The molecule has 0 unspecified atom stereocenters. The molecule has 2 aromatic carbocycles. The van der Waals surface area contributed by atoms with Gasteiger partial charge in [-0.25, -0.2) is 13.4 Å². The van der Waals surface area contributed by atoms with Crippen LogP contribution in [0.2, 0.25) is 0 Å². The van der Waals surface area contributed by atoms with Gasteiger partial charge in [-0.15, -0.1) is 0 Å². The van der Waals surface area contributed by atoms with Crippen LogP contribution in [0.15, 0.2) is 59.5 Å². The largest absolute Gasteiger partial charge is 0.341 e. The minimum absolute atomic E-state index is 0.0932. The van der Waals surface area contributed by atoms with E-state index >= 15 is 0 Å². The highest BCUT2D eigenvalue weighted by Gasteiger charge is 2.17. The highest BCUT2D eigenvalue weighted by molar-refractivity contribution is 7.92. The van der Waals surface area contributed by atoms with E-state index in [0.717, 1.165) is 43.3 Å². The number of nitrogens with zero attached hydrogens (tertiary/aromatic N) is 3. The molecule has 1 aromatic heterocycles. The average molecular weight is 452 g/mol. The molecule has 2 N–H and O–H groups in total. The number of aromatic nitrogens is 2. The molecule has 1 saturated heterocycles. The Morgan fingerprint density at radius 2 is 1.56 bits per heavy atom. The normalized spacial score (nSPS) is 13.8. The third-order valence-electron chi connectivity index (χ3n) is 5.21. The van der Waals surface area contributed by atoms with Crippen molar-refractivity contribution in [2.24, 2.45) is 0 Å². The van der Waals surface area contributed by atoms with E-state index in [-0.39, 0.29) is 10.7 Å². The number of hydrogen-bond donors (Lipinski definition) is 2. The first-order valence-corrected chi connectivity index (χ1v) is 11.9. The van der Waals surface area contributed by atoms with Gasteiger partial charge in [-0.3, -0.25) is 9.52 Å². The van der Waals surface area contributed by atoms with E-state index in [1.165, 1.54) is 31.2 Å². The summed E-state index contributed by atoms with van der Waals surface area (Å²) in [5.41, 5.74) is 2.56. The van der Waals surface area contributed by atoms with Crippen LogP contribution in [0.4, 0.5) is 23.1 Å². The Hall–Kier alpha value is -3.46. The summed E-state index contributed by atoms with van der Waals surface area (Å²) in [4.78, 5) is 22.8. The maximum atomic E-state index is 12.6. The zero-order valence-electron chi connectivity index (χ0n) is 18.0. The van der Waals surface area contributed by atoms with Crippen molar-refractivity contribution in [2.75, 3.05) is 28.0 Å². The molecule has 32 heavy (non-hydrogen) atoms. The molecule has 8 nitrogen and oxygen atoms in total. The van der Waals surface area contributed by atoms with E-state index in [1.54, 1.807) is 24.3 Å². The molecule has 0 radical (unpaired) electrons. The maximum Gasteiger partial charge on any atom is 0.261 e. The van der Waals surface area contributed by atoms with Gasteiger partial charge >= 0.3 is 0 Å². The lowest BCUT2D eigenvalue weighted by molar-refractivity contribution is 0.101. The van der Waals surface area contributed by atoms with E-state index in [9.17, 15) is 13.2 Å². The number of benzene rings is 2. The summed E-state index contributed by atoms with van der Waals surface area (Å²) < 4.78 is 27.8. The van der Waals surface area contributed by atoms with Crippen LogP contribution in [0, 0.1) is 6.92 Å². The Balaban J connectivity index is 1.46. The summed E-state index contributed by atoms with van der Waals surface area (Å²) in [5, 5.41) is 3.26. The summed E-state index contributed by atoms with van der Waals surface area (Å²) in [6.07, 6.45) is 2.30. The Kier molecular flexibility index (Phi) is 6.09. The van der Waals surface area contributed by atoms with Gasteiger partial charge in [-0.05, 0) is 63.1 Å². The Bertz CT molecular complexity index is 1220. The maximum absolute atomic E-state index is 12.6. The third-order valence-corrected chi connectivity index (χ3v) is 6.61. The zero-order chi connectivity index (χ0) is 22.7. The molecule has 0 amide bonds. The van der Waals surface area contributed by atoms with E-state index in [0.29, 0.717) is 17.1 Å². The number of sulfonamides is 1. The molecule has 3 aromatic rings. The molecule has 0 bridgehead atoms. The van der Waals surface area contributed by atoms with Crippen molar-refractivity contribution >= 4 is 38.9 Å². The summed E-state index contributed by atoms with van der Waals surface area (Å²) >= 11 is 0. The van der Waals surface area contributed by atoms with Crippen LogP contribution in [0.3, 0.4) is 0 Å². The van der Waals surface area contributed by atoms with Gasteiger partial charge in [0.15, 0.2) is 5.78 Å². The van der Waals surface area contributed by atoms with Gasteiger partial charge in [0.25, 0.3) is 10.0 Å². The second-order valence-corrected chi connectivity index (χ2v) is 9.46. The highest BCUT2D eigenvalue weighted by Crippen LogP contribution is 2.23. The molecule has 1 fully saturated rings. The number of rotatable bonds is 7. The van der Waals surface area contributed by atoms with Gasteiger partial charge < -0.3 is 10.2 Å². The topological polar surface area (TPSA) is 104 Å². The summed E-state index contributed by atoms with van der Waals surface area (Å²) in [7, 11) is -3.76. The smallest absolute Gasteiger partial charge is 0.261 e. The van der Waals surface area contributed by atoms with E-state index in [4.69, 9.17) is 0 Å². The lowest BCUT2D eigenvalue weighted by Gasteiger charge is -2.17. The van der Waals surface area contributed by atoms with Gasteiger partial charge in [0.1, 0.15) is 5.82 Å². The molecule has 0 atom stereocenters. The van der Waals surface area contributed by atoms with Crippen LogP contribution in [0.25, 0.3) is 0 Å². The fourth-order valence-electron chi connectivity index (χ4n) is 3.53. The van der Waals surface area contributed by atoms with Gasteiger partial charge in [0, 0.05) is 41.8 Å². The zero-order valence-corrected chi connectivity index (χ0v) is 18.8. The fraction of sp³-hybridized carbons (Fsp3) is 0.261. The molecule has 1 aliphatic rings. The van der Waals surface area contributed by atoms with Crippen LogP contribution in [-0.4, -0.2) is 37.3 Å². The second kappa shape index (κ2) is 8.96. The average Bonchev–Trinajstić information content (AvgIpc) is 3.30. The van der Waals surface area contributed by atoms with Crippen LogP contribution >= 0.6 is 0 Å². The quantitative estimate of drug-likeness (QED) is 0.520. The Labute approximate surface area is 187 Å². The molecule has 0 saturated carbocycles. The fourth-order valence-corrected chi connectivity index (χ4v) is 4.59. The number of carbonyl (C=O) groups is 1. The van der Waals surface area contributed by atoms with Gasteiger partial charge in [-0.2, -0.15) is 4.98 Å². The first kappa shape index (κ1) is 21.8. The highest BCUT2D eigenvalue weighted by atomic mass is 32.2. The summed E-state index contributed by atoms with van der Waals surface area (Å²) in [6, 6.07) is 14.6. The Morgan fingerprint density at radius 1 is 0.938 bits per heavy atom. The van der Waals surface area contributed by atoms with E-state index in [2.05, 4.69) is 24.9 Å². The van der Waals surface area contributed by atoms with Crippen molar-refractivity contribution in [3.63, 3.8) is 0 Å². The Morgan fingerprint density at radius 3 is 2.19 bits per heavy atom. The number of Topliss-reactive ketones (excluding diaryl/α,β-unsaturated/α-hetero) is 1. The van der Waals surface area contributed by atoms with Crippen LogP contribution in [0.5, 0.6) is 0 Å². The molecular formula is C23H25N5O3S. The number of carbonyl (C=O) groups excluding carboxylic acids is 1. The molecular weight excluding hydrogens is 426 g/mol. The summed E-state index contributed by atoms with van der Waals surface area (Å²) in [5.74, 6) is 1.31. The van der Waals surface area contributed by atoms with Crippen molar-refractivity contribution in [1.29, 1.82) is 0 Å². The lowest BCUT2D eigenvalue weighted by atomic mass is 10.2. The van der Waals surface area contributed by atoms with Crippen molar-refractivity contribution in [3.8, 4) is 0 Å². The molecule has 1 aliphatic heterocycles. The van der Waals surface area contributed by atoms with Gasteiger partial charge in [0.2, 0.25) is 5.95 Å². The number of hydrogen-bond acceptors (Lipinski definition) is 7. The van der Waals surface area contributed by atoms with E-state index in [1.807, 2.05) is 13.0 Å². The first-order valence-electron chi connectivity index (χ1n) is 10.4. The molecule has 4 rings (SSSR count). The number of aryl methyl sites for hydroxylation is 1. The molecule has 9 heteroatoms. The molecule has 0 spiro atoms. The third kappa shape index (κ3) is 5.05. The van der Waals surface area contributed by atoms with Crippen molar-refractivity contribution in [2.45, 2.75) is 31.6 Å². The second-order valence-electron chi connectivity index (χ2n) is 7.78. The van der Waals surface area contributed by atoms with Gasteiger partial charge in [-0.1, -0.05) is 12.1 Å². The minimum Gasteiger partial charge on any atom is -0.341 e. The predicted octanol–water partition coefficient (Wildman–Crippen LogP) is 4.13. The van der Waals surface area contributed by atoms with Crippen molar-refractivity contribution in [3.05, 3.63) is 65.9 Å². The number of anilines is 4. The monoisotopic (exact) mass is 451 g/mol. The summed E-state index contributed by atoms with van der Waals surface area (Å²) in [6.45, 7) is 5.31. The minimum atomic E-state index is -3.76. The standard InChI is InChI=1S/C23H25N5O3S/c1-16-15-22(26-23(24-16)28-13-3-4-14-28)25-19-7-9-20(10-8-19)27-32(30,31)21-11-5-18(6-12-21)17(2)29/h5-12,15,27H,3-4,13-14H2,1-2H3,(H,24,25,26). The molecule has 0 aliphatic carbocycles. The van der Waals surface area contributed by atoms with Crippen molar-refractivity contribution < 1.29 is 13.2 Å². The predicted molar refractivity (Wildman–Crippen MR) is 125 cm³/mol. The SMILES string of the molecule is CC(=O)c1ccc(S(=O)(=O)Nc2ccc(Nc3cc(C)nc(N4CCCC4)n3)cc2)cc1. The molecule has 2 heterocycles. The van der Waals surface area contributed by atoms with Crippen LogP contribution < -0.4 is 14.9 Å². The number of nitrogens with one attached hydrogen (secondary N) is 2. The van der Waals surface area contributed by atoms with E-state index < -0.39 is 10.0 Å². The first-order chi connectivity index (χ1) is 15.3. The van der Waals surface area contributed by atoms with Crippen LogP contribution in [0.1, 0.15) is 35.8 Å². The van der Waals surface area contributed by atoms with Crippen molar-refractivity contribution in [1.82, 2.24) is 9.97 Å². The number of ketones is 1. The lowest BCUT2D eigenvalue weighted by Crippen LogP contribution is -2.21. The molecule has 166 valence electrons. The van der Waals surface area contributed by atoms with Gasteiger partial charge in [0.05, 0.1) is 4.90 Å².